The van der Waals surface area contributed by atoms with Crippen LogP contribution in [0.25, 0.3) is 0 Å². The highest BCUT2D eigenvalue weighted by Crippen LogP contribution is 2.37. The van der Waals surface area contributed by atoms with Gasteiger partial charge in [0.05, 0.1) is 5.41 Å². The molecule has 2 aliphatic rings. The van der Waals surface area contributed by atoms with E-state index in [1.807, 2.05) is 0 Å². The van der Waals surface area contributed by atoms with E-state index in [1.54, 1.807) is 0 Å². The Kier molecular flexibility index (Phi) is 4.03. The molecule has 1 aromatic carbocycles. The second kappa shape index (κ2) is 5.80. The summed E-state index contributed by atoms with van der Waals surface area (Å²) in [5, 5.41) is 3.37. The Hall–Kier alpha value is -1.35. The van der Waals surface area contributed by atoms with Gasteiger partial charge >= 0.3 is 0 Å². The average Bonchev–Trinajstić information content (AvgIpc) is 2.94. The molecule has 0 saturated carbocycles. The van der Waals surface area contributed by atoms with Crippen molar-refractivity contribution in [2.24, 2.45) is 5.41 Å². The third-order valence-electron chi connectivity index (χ3n) is 5.09. The van der Waals surface area contributed by atoms with Gasteiger partial charge in [-0.1, -0.05) is 38.1 Å². The lowest BCUT2D eigenvalue weighted by Gasteiger charge is -2.39. The summed E-state index contributed by atoms with van der Waals surface area (Å²) in [7, 11) is 0. The van der Waals surface area contributed by atoms with Crippen molar-refractivity contribution in [3.8, 4) is 0 Å². The number of rotatable bonds is 3. The second-order valence-electron chi connectivity index (χ2n) is 6.93. The van der Waals surface area contributed by atoms with E-state index in [2.05, 4.69) is 48.3 Å². The van der Waals surface area contributed by atoms with Crippen molar-refractivity contribution >= 4 is 5.91 Å². The zero-order valence-electron chi connectivity index (χ0n) is 13.2. The molecule has 1 spiro atoms. The fraction of sp³-hybridized carbons (Fsp3) is 0.611. The molecule has 3 nitrogen and oxygen atoms in total. The molecule has 0 aliphatic carbocycles. The van der Waals surface area contributed by atoms with Crippen LogP contribution in [0.4, 0.5) is 0 Å². The molecule has 0 radical (unpaired) electrons. The molecule has 0 bridgehead atoms. The van der Waals surface area contributed by atoms with Crippen molar-refractivity contribution in [2.45, 2.75) is 45.6 Å². The van der Waals surface area contributed by atoms with Crippen LogP contribution in [0, 0.1) is 5.41 Å². The molecule has 3 heteroatoms. The van der Waals surface area contributed by atoms with Gasteiger partial charge < -0.3 is 10.2 Å². The van der Waals surface area contributed by atoms with E-state index < -0.39 is 0 Å². The van der Waals surface area contributed by atoms with Crippen LogP contribution in [0.1, 0.15) is 50.2 Å². The third-order valence-corrected chi connectivity index (χ3v) is 5.09. The summed E-state index contributed by atoms with van der Waals surface area (Å²) in [6.07, 6.45) is 3.20. The number of likely N-dealkylation sites (tertiary alicyclic amines) is 1. The Morgan fingerprint density at radius 3 is 2.62 bits per heavy atom. The Bertz CT molecular complexity index is 500. The van der Waals surface area contributed by atoms with Crippen molar-refractivity contribution < 1.29 is 4.79 Å². The number of carbonyl (C=O) groups excluding carboxylic acids is 1. The molecule has 2 heterocycles. The predicted molar refractivity (Wildman–Crippen MR) is 85.1 cm³/mol. The number of nitrogens with one attached hydrogen (secondary N) is 1. The Morgan fingerprint density at radius 1 is 1.24 bits per heavy atom. The minimum atomic E-state index is -0.101. The lowest BCUT2D eigenvalue weighted by atomic mass is 9.78. The maximum absolute atomic E-state index is 12.8. The molecular formula is C18H26N2O. The maximum atomic E-state index is 12.8. The number of nitrogens with zero attached hydrogens (tertiary/aromatic N) is 1. The van der Waals surface area contributed by atoms with Crippen LogP contribution in [0.2, 0.25) is 0 Å². The summed E-state index contributed by atoms with van der Waals surface area (Å²) >= 11 is 0. The molecule has 0 unspecified atom stereocenters. The molecule has 21 heavy (non-hydrogen) atoms. The van der Waals surface area contributed by atoms with Gasteiger partial charge in [-0.05, 0) is 42.9 Å². The first-order valence-corrected chi connectivity index (χ1v) is 8.20. The molecule has 2 fully saturated rings. The van der Waals surface area contributed by atoms with Gasteiger partial charge in [-0.3, -0.25) is 4.79 Å². The lowest BCUT2D eigenvalue weighted by Crippen LogP contribution is -2.49. The van der Waals surface area contributed by atoms with E-state index in [1.165, 1.54) is 11.1 Å². The summed E-state index contributed by atoms with van der Waals surface area (Å²) in [6.45, 7) is 7.95. The summed E-state index contributed by atoms with van der Waals surface area (Å²) in [4.78, 5) is 14.9. The van der Waals surface area contributed by atoms with Crippen LogP contribution in [-0.2, 0) is 11.3 Å². The van der Waals surface area contributed by atoms with E-state index in [9.17, 15) is 4.79 Å². The summed E-state index contributed by atoms with van der Waals surface area (Å²) < 4.78 is 0. The van der Waals surface area contributed by atoms with Crippen LogP contribution < -0.4 is 5.32 Å². The Labute approximate surface area is 127 Å². The van der Waals surface area contributed by atoms with Gasteiger partial charge in [-0.15, -0.1) is 0 Å². The van der Waals surface area contributed by atoms with Crippen LogP contribution >= 0.6 is 0 Å². The molecule has 2 saturated heterocycles. The largest absolute Gasteiger partial charge is 0.338 e. The molecule has 2 aliphatic heterocycles. The van der Waals surface area contributed by atoms with Gasteiger partial charge in [-0.2, -0.15) is 0 Å². The van der Waals surface area contributed by atoms with Crippen LogP contribution in [0.15, 0.2) is 24.3 Å². The van der Waals surface area contributed by atoms with Crippen molar-refractivity contribution in [3.05, 3.63) is 35.4 Å². The normalized spacial score (nSPS) is 26.0. The first kappa shape index (κ1) is 14.6. The topological polar surface area (TPSA) is 32.3 Å². The lowest BCUT2D eigenvalue weighted by molar-refractivity contribution is -0.145. The fourth-order valence-corrected chi connectivity index (χ4v) is 3.67. The van der Waals surface area contributed by atoms with Crippen molar-refractivity contribution in [1.29, 1.82) is 0 Å². The van der Waals surface area contributed by atoms with Crippen LogP contribution in [0.3, 0.4) is 0 Å². The highest BCUT2D eigenvalue weighted by molar-refractivity contribution is 5.84. The zero-order valence-corrected chi connectivity index (χ0v) is 13.2. The smallest absolute Gasteiger partial charge is 0.230 e. The quantitative estimate of drug-likeness (QED) is 0.926. The standard InChI is InChI=1S/C18H26N2O/c1-14(2)16-6-4-15(5-7-16)12-20-11-3-8-18(17(20)21)9-10-19-13-18/h4-7,14,19H,3,8-13H2,1-2H3/t18-/m1/s1. The highest BCUT2D eigenvalue weighted by Gasteiger charge is 2.45. The summed E-state index contributed by atoms with van der Waals surface area (Å²) in [5.74, 6) is 0.926. The SMILES string of the molecule is CC(C)c1ccc(CN2CCC[C@]3(CCNC3)C2=O)cc1. The van der Waals surface area contributed by atoms with E-state index >= 15 is 0 Å². The van der Waals surface area contributed by atoms with Crippen molar-refractivity contribution in [1.82, 2.24) is 10.2 Å². The Balaban J connectivity index is 1.70. The van der Waals surface area contributed by atoms with Gasteiger partial charge in [0.1, 0.15) is 0 Å². The molecule has 3 rings (SSSR count). The van der Waals surface area contributed by atoms with Gasteiger partial charge in [0, 0.05) is 19.6 Å². The first-order chi connectivity index (χ1) is 10.1. The minimum Gasteiger partial charge on any atom is -0.338 e. The van der Waals surface area contributed by atoms with Crippen molar-refractivity contribution in [3.63, 3.8) is 0 Å². The fourth-order valence-electron chi connectivity index (χ4n) is 3.67. The van der Waals surface area contributed by atoms with Gasteiger partial charge in [0.15, 0.2) is 0 Å². The molecule has 1 atom stereocenters. The molecule has 0 aromatic heterocycles. The van der Waals surface area contributed by atoms with E-state index in [4.69, 9.17) is 0 Å². The second-order valence-corrected chi connectivity index (χ2v) is 6.93. The number of amides is 1. The van der Waals surface area contributed by atoms with Gasteiger partial charge in [0.25, 0.3) is 0 Å². The van der Waals surface area contributed by atoms with Crippen molar-refractivity contribution in [2.75, 3.05) is 19.6 Å². The molecular weight excluding hydrogens is 260 g/mol. The summed E-state index contributed by atoms with van der Waals surface area (Å²) in [6, 6.07) is 8.75. The molecule has 114 valence electrons. The molecule has 1 amide bonds. The van der Waals surface area contributed by atoms with E-state index in [0.717, 1.165) is 45.4 Å². The summed E-state index contributed by atoms with van der Waals surface area (Å²) in [5.41, 5.74) is 2.51. The number of piperidine rings is 1. The van der Waals surface area contributed by atoms with Gasteiger partial charge in [-0.25, -0.2) is 0 Å². The first-order valence-electron chi connectivity index (χ1n) is 8.20. The monoisotopic (exact) mass is 286 g/mol. The zero-order chi connectivity index (χ0) is 14.9. The third kappa shape index (κ3) is 2.84. The Morgan fingerprint density at radius 2 is 2.00 bits per heavy atom. The predicted octanol–water partition coefficient (Wildman–Crippen LogP) is 2.91. The van der Waals surface area contributed by atoms with Crippen LogP contribution in [0.5, 0.6) is 0 Å². The maximum Gasteiger partial charge on any atom is 0.230 e. The number of hydrogen-bond donors (Lipinski definition) is 1. The average molecular weight is 286 g/mol. The number of benzene rings is 1. The van der Waals surface area contributed by atoms with E-state index in [0.29, 0.717) is 11.8 Å². The number of carbonyl (C=O) groups is 1. The van der Waals surface area contributed by atoms with Gasteiger partial charge in [0.2, 0.25) is 5.91 Å². The van der Waals surface area contributed by atoms with Crippen LogP contribution in [-0.4, -0.2) is 30.4 Å². The molecule has 1 N–H and O–H groups in total. The molecule has 1 aromatic rings. The minimum absolute atomic E-state index is 0.101. The highest BCUT2D eigenvalue weighted by atomic mass is 16.2. The van der Waals surface area contributed by atoms with E-state index in [-0.39, 0.29) is 5.41 Å². The number of hydrogen-bond acceptors (Lipinski definition) is 2.